The number of methoxy groups -OCH3 is 2. The molecule has 1 heterocycles. The number of piperazine rings is 1. The predicted molar refractivity (Wildman–Crippen MR) is 133 cm³/mol. The molecule has 2 aromatic carbocycles. The fourth-order valence-corrected chi connectivity index (χ4v) is 3.68. The van der Waals surface area contributed by atoms with Gasteiger partial charge in [-0.3, -0.25) is 9.59 Å². The first kappa shape index (κ1) is 30.4. The highest BCUT2D eigenvalue weighted by Gasteiger charge is 2.38. The van der Waals surface area contributed by atoms with E-state index in [0.29, 0.717) is 49.7 Å². The SMILES string of the molecule is COc1ccc(C(=O)N(CCC(=O)N2CCNCC2)CCc2ccccc2)cc1OC.O=C(O)C(F)(F)F. The van der Waals surface area contributed by atoms with Crippen molar-refractivity contribution >= 4 is 17.8 Å². The third kappa shape index (κ3) is 9.58. The van der Waals surface area contributed by atoms with Crippen molar-refractivity contribution in [3.05, 3.63) is 59.7 Å². The molecule has 0 aromatic heterocycles. The molecule has 0 radical (unpaired) electrons. The molecule has 3 rings (SSSR count). The van der Waals surface area contributed by atoms with Crippen molar-refractivity contribution in [3.63, 3.8) is 0 Å². The Labute approximate surface area is 219 Å². The highest BCUT2D eigenvalue weighted by molar-refractivity contribution is 5.95. The number of carboxylic acid groups (broad SMARTS) is 1. The first-order valence-corrected chi connectivity index (χ1v) is 11.9. The molecule has 208 valence electrons. The van der Waals surface area contributed by atoms with E-state index < -0.39 is 12.1 Å². The number of nitrogens with zero attached hydrogens (tertiary/aromatic N) is 2. The third-order valence-electron chi connectivity index (χ3n) is 5.74. The Balaban J connectivity index is 0.000000638. The molecule has 0 spiro atoms. The highest BCUT2D eigenvalue weighted by atomic mass is 19.4. The summed E-state index contributed by atoms with van der Waals surface area (Å²) in [5.74, 6) is -1.71. The first-order chi connectivity index (χ1) is 18.1. The smallest absolute Gasteiger partial charge is 0.490 e. The van der Waals surface area contributed by atoms with Gasteiger partial charge in [-0.25, -0.2) is 4.79 Å². The van der Waals surface area contributed by atoms with Crippen molar-refractivity contribution in [1.82, 2.24) is 15.1 Å². The molecule has 9 nitrogen and oxygen atoms in total. The second-order valence-electron chi connectivity index (χ2n) is 8.28. The van der Waals surface area contributed by atoms with Gasteiger partial charge in [-0.1, -0.05) is 30.3 Å². The highest BCUT2D eigenvalue weighted by Crippen LogP contribution is 2.28. The zero-order valence-corrected chi connectivity index (χ0v) is 21.3. The van der Waals surface area contributed by atoms with Crippen molar-refractivity contribution in [2.24, 2.45) is 0 Å². The number of ether oxygens (including phenoxy) is 2. The van der Waals surface area contributed by atoms with E-state index in [1.54, 1.807) is 37.3 Å². The number of benzene rings is 2. The number of hydrogen-bond donors (Lipinski definition) is 2. The van der Waals surface area contributed by atoms with Crippen molar-refractivity contribution < 1.29 is 42.1 Å². The molecule has 1 aliphatic heterocycles. The molecule has 2 aromatic rings. The molecular weight excluding hydrogens is 507 g/mol. The van der Waals surface area contributed by atoms with Gasteiger partial charge in [-0.15, -0.1) is 0 Å². The minimum Gasteiger partial charge on any atom is -0.493 e. The van der Waals surface area contributed by atoms with Crippen LogP contribution in [0.4, 0.5) is 13.2 Å². The van der Waals surface area contributed by atoms with E-state index in [4.69, 9.17) is 19.4 Å². The number of carbonyl (C=O) groups is 3. The van der Waals surface area contributed by atoms with Crippen LogP contribution in [0.15, 0.2) is 48.5 Å². The summed E-state index contributed by atoms with van der Waals surface area (Å²) in [6, 6.07) is 15.2. The molecule has 1 saturated heterocycles. The second kappa shape index (κ2) is 14.8. The summed E-state index contributed by atoms with van der Waals surface area (Å²) in [4.78, 5) is 38.5. The standard InChI is InChI=1S/C24H31N3O4.C2HF3O2/c1-30-21-9-8-20(18-22(21)31-2)24(29)27(14-10-19-6-4-3-5-7-19)15-11-23(28)26-16-12-25-13-17-26;3-2(4,5)1(6)7/h3-9,18,25H,10-17H2,1-2H3;(H,6,7). The molecule has 2 amide bonds. The predicted octanol–water partition coefficient (Wildman–Crippen LogP) is 2.84. The van der Waals surface area contributed by atoms with Crippen LogP contribution in [0.1, 0.15) is 22.3 Å². The number of halogens is 3. The van der Waals surface area contributed by atoms with Gasteiger partial charge in [0.2, 0.25) is 5.91 Å². The fourth-order valence-electron chi connectivity index (χ4n) is 3.68. The van der Waals surface area contributed by atoms with Crippen LogP contribution in [0, 0.1) is 0 Å². The lowest BCUT2D eigenvalue weighted by Crippen LogP contribution is -2.47. The van der Waals surface area contributed by atoms with E-state index >= 15 is 0 Å². The van der Waals surface area contributed by atoms with Crippen LogP contribution in [0.2, 0.25) is 0 Å². The Hall–Kier alpha value is -3.80. The average molecular weight is 540 g/mol. The summed E-state index contributed by atoms with van der Waals surface area (Å²) in [5.41, 5.74) is 1.67. The number of amides is 2. The van der Waals surface area contributed by atoms with Gasteiger partial charge in [0.05, 0.1) is 14.2 Å². The Bertz CT molecular complexity index is 1060. The molecule has 0 atom stereocenters. The molecule has 12 heteroatoms. The Morgan fingerprint density at radius 1 is 0.974 bits per heavy atom. The zero-order valence-electron chi connectivity index (χ0n) is 21.3. The molecule has 38 heavy (non-hydrogen) atoms. The van der Waals surface area contributed by atoms with Gasteiger partial charge in [0.1, 0.15) is 0 Å². The lowest BCUT2D eigenvalue weighted by Gasteiger charge is -2.29. The Morgan fingerprint density at radius 3 is 2.13 bits per heavy atom. The maximum Gasteiger partial charge on any atom is 0.490 e. The number of hydrogen-bond acceptors (Lipinski definition) is 6. The summed E-state index contributed by atoms with van der Waals surface area (Å²) < 4.78 is 42.4. The Kier molecular flexibility index (Phi) is 11.9. The maximum absolute atomic E-state index is 13.3. The topological polar surface area (TPSA) is 108 Å². The van der Waals surface area contributed by atoms with E-state index in [1.165, 1.54) is 0 Å². The third-order valence-corrected chi connectivity index (χ3v) is 5.74. The summed E-state index contributed by atoms with van der Waals surface area (Å²) >= 11 is 0. The van der Waals surface area contributed by atoms with Gasteiger partial charge in [-0.05, 0) is 30.2 Å². The van der Waals surface area contributed by atoms with E-state index in [-0.39, 0.29) is 11.8 Å². The van der Waals surface area contributed by atoms with Crippen LogP contribution in [0.25, 0.3) is 0 Å². The molecule has 2 N–H and O–H groups in total. The number of nitrogens with one attached hydrogen (secondary N) is 1. The monoisotopic (exact) mass is 539 g/mol. The molecule has 0 aliphatic carbocycles. The lowest BCUT2D eigenvalue weighted by atomic mass is 10.1. The summed E-state index contributed by atoms with van der Waals surface area (Å²) in [5, 5.41) is 10.4. The van der Waals surface area contributed by atoms with Crippen molar-refractivity contribution in [1.29, 1.82) is 0 Å². The van der Waals surface area contributed by atoms with Crippen LogP contribution in [-0.4, -0.2) is 92.4 Å². The molecule has 1 aliphatic rings. The zero-order chi connectivity index (χ0) is 28.1. The van der Waals surface area contributed by atoms with Crippen LogP contribution < -0.4 is 14.8 Å². The molecular formula is C26H32F3N3O6. The average Bonchev–Trinajstić information content (AvgIpc) is 2.93. The molecule has 0 saturated carbocycles. The van der Waals surface area contributed by atoms with Crippen LogP contribution in [0.5, 0.6) is 11.5 Å². The van der Waals surface area contributed by atoms with Crippen molar-refractivity contribution in [2.75, 3.05) is 53.5 Å². The van der Waals surface area contributed by atoms with Gasteiger partial charge in [-0.2, -0.15) is 13.2 Å². The van der Waals surface area contributed by atoms with Gasteiger partial charge >= 0.3 is 12.1 Å². The number of carbonyl (C=O) groups excluding carboxylic acids is 2. The van der Waals surface area contributed by atoms with Crippen LogP contribution >= 0.6 is 0 Å². The Morgan fingerprint density at radius 2 is 1.58 bits per heavy atom. The van der Waals surface area contributed by atoms with E-state index in [1.807, 2.05) is 35.2 Å². The largest absolute Gasteiger partial charge is 0.493 e. The van der Waals surface area contributed by atoms with Crippen LogP contribution in [-0.2, 0) is 16.0 Å². The van der Waals surface area contributed by atoms with Gasteiger partial charge in [0.25, 0.3) is 5.91 Å². The van der Waals surface area contributed by atoms with Crippen molar-refractivity contribution in [3.8, 4) is 11.5 Å². The van der Waals surface area contributed by atoms with Crippen molar-refractivity contribution in [2.45, 2.75) is 19.0 Å². The minimum atomic E-state index is -5.08. The van der Waals surface area contributed by atoms with Gasteiger partial charge in [0.15, 0.2) is 11.5 Å². The quantitative estimate of drug-likeness (QED) is 0.505. The van der Waals surface area contributed by atoms with Crippen LogP contribution in [0.3, 0.4) is 0 Å². The summed E-state index contributed by atoms with van der Waals surface area (Å²) in [6.45, 7) is 3.97. The van der Waals surface area contributed by atoms with Gasteiger partial charge < -0.3 is 29.7 Å². The van der Waals surface area contributed by atoms with E-state index in [9.17, 15) is 22.8 Å². The molecule has 0 bridgehead atoms. The number of rotatable bonds is 9. The number of aliphatic carboxylic acids is 1. The second-order valence-corrected chi connectivity index (χ2v) is 8.28. The molecule has 0 unspecified atom stereocenters. The maximum atomic E-state index is 13.3. The number of carboxylic acids is 1. The first-order valence-electron chi connectivity index (χ1n) is 11.9. The summed E-state index contributed by atoms with van der Waals surface area (Å²) in [6.07, 6.45) is -4.05. The summed E-state index contributed by atoms with van der Waals surface area (Å²) in [7, 11) is 3.11. The molecule has 1 fully saturated rings. The normalized spacial score (nSPS) is 13.1. The van der Waals surface area contributed by atoms with Gasteiger partial charge in [0, 0.05) is 51.3 Å². The lowest BCUT2D eigenvalue weighted by molar-refractivity contribution is -0.192. The fraction of sp³-hybridized carbons (Fsp3) is 0.423. The number of alkyl halides is 3. The minimum absolute atomic E-state index is 0.0892. The van der Waals surface area contributed by atoms with E-state index in [0.717, 1.165) is 25.1 Å². The van der Waals surface area contributed by atoms with E-state index in [2.05, 4.69) is 5.32 Å².